The van der Waals surface area contributed by atoms with Crippen molar-refractivity contribution >= 4 is 5.69 Å². The molecule has 0 radical (unpaired) electrons. The van der Waals surface area contributed by atoms with Crippen molar-refractivity contribution in [2.45, 2.75) is 32.6 Å². The van der Waals surface area contributed by atoms with Crippen LogP contribution in [0, 0.1) is 10.1 Å². The molecule has 0 aliphatic rings. The Morgan fingerprint density at radius 1 is 1.42 bits per heavy atom. The molecule has 0 saturated heterocycles. The lowest BCUT2D eigenvalue weighted by atomic mass is 10.1. The van der Waals surface area contributed by atoms with Gasteiger partial charge in [0.2, 0.25) is 0 Å². The van der Waals surface area contributed by atoms with Crippen molar-refractivity contribution in [2.24, 2.45) is 5.73 Å². The zero-order valence-electron chi connectivity index (χ0n) is 11.1. The number of nitro groups is 1. The van der Waals surface area contributed by atoms with Crippen molar-refractivity contribution < 1.29 is 19.5 Å². The Morgan fingerprint density at radius 3 is 2.47 bits per heavy atom. The molecule has 0 bridgehead atoms. The molecule has 2 atom stereocenters. The van der Waals surface area contributed by atoms with E-state index in [9.17, 15) is 15.2 Å². The molecule has 19 heavy (non-hydrogen) atoms. The number of methoxy groups -OCH3 is 1. The summed E-state index contributed by atoms with van der Waals surface area (Å²) in [6, 6.07) is 2.74. The summed E-state index contributed by atoms with van der Waals surface area (Å²) in [6.45, 7) is 3.26. The standard InChI is InChI=1S/C12H18N2O5/c1-7(15)8(2)19-12-5-10(14(16)17)9(6-13)4-11(12)18-3/h4-5,7-8,15H,6,13H2,1-3H3. The number of hydrogen-bond donors (Lipinski definition) is 2. The number of hydrogen-bond acceptors (Lipinski definition) is 6. The van der Waals surface area contributed by atoms with Gasteiger partial charge < -0.3 is 20.3 Å². The molecule has 0 aromatic heterocycles. The van der Waals surface area contributed by atoms with Crippen LogP contribution in [-0.2, 0) is 6.54 Å². The van der Waals surface area contributed by atoms with Crippen LogP contribution in [0.3, 0.4) is 0 Å². The van der Waals surface area contributed by atoms with Gasteiger partial charge in [0.25, 0.3) is 5.69 Å². The molecule has 106 valence electrons. The predicted octanol–water partition coefficient (Wildman–Crippen LogP) is 1.21. The highest BCUT2D eigenvalue weighted by Crippen LogP contribution is 2.35. The number of aliphatic hydroxyl groups excluding tert-OH is 1. The minimum atomic E-state index is -0.710. The molecule has 0 aliphatic heterocycles. The molecule has 0 spiro atoms. The zero-order valence-corrected chi connectivity index (χ0v) is 11.1. The Kier molecular flexibility index (Phi) is 5.08. The number of nitrogens with two attached hydrogens (primary N) is 1. The van der Waals surface area contributed by atoms with Gasteiger partial charge in [0, 0.05) is 12.1 Å². The number of benzene rings is 1. The Hall–Kier alpha value is -1.86. The summed E-state index contributed by atoms with van der Waals surface area (Å²) < 4.78 is 10.6. The molecule has 1 rings (SSSR count). The zero-order chi connectivity index (χ0) is 14.6. The molecule has 1 aromatic carbocycles. The summed E-state index contributed by atoms with van der Waals surface area (Å²) in [4.78, 5) is 10.4. The molecule has 0 amide bonds. The fourth-order valence-corrected chi connectivity index (χ4v) is 1.48. The van der Waals surface area contributed by atoms with E-state index in [1.807, 2.05) is 0 Å². The van der Waals surface area contributed by atoms with E-state index in [1.54, 1.807) is 13.8 Å². The van der Waals surface area contributed by atoms with Gasteiger partial charge in [-0.15, -0.1) is 0 Å². The molecule has 2 unspecified atom stereocenters. The first kappa shape index (κ1) is 15.2. The maximum absolute atomic E-state index is 11.0. The highest BCUT2D eigenvalue weighted by molar-refractivity contribution is 5.54. The highest BCUT2D eigenvalue weighted by Gasteiger charge is 2.21. The molecule has 0 aliphatic carbocycles. The Morgan fingerprint density at radius 2 is 2.05 bits per heavy atom. The molecular weight excluding hydrogens is 252 g/mol. The first-order valence-corrected chi connectivity index (χ1v) is 5.80. The lowest BCUT2D eigenvalue weighted by molar-refractivity contribution is -0.385. The molecular formula is C12H18N2O5. The van der Waals surface area contributed by atoms with E-state index in [0.29, 0.717) is 11.3 Å². The quantitative estimate of drug-likeness (QED) is 0.594. The van der Waals surface area contributed by atoms with Crippen LogP contribution in [0.15, 0.2) is 12.1 Å². The van der Waals surface area contributed by atoms with E-state index in [4.69, 9.17) is 15.2 Å². The molecule has 7 nitrogen and oxygen atoms in total. The Bertz CT molecular complexity index is 462. The minimum Gasteiger partial charge on any atom is -0.493 e. The van der Waals surface area contributed by atoms with Gasteiger partial charge in [0.05, 0.1) is 24.2 Å². The van der Waals surface area contributed by atoms with Crippen LogP contribution < -0.4 is 15.2 Å². The smallest absolute Gasteiger partial charge is 0.277 e. The summed E-state index contributed by atoms with van der Waals surface area (Å²) in [5.74, 6) is 0.554. The van der Waals surface area contributed by atoms with Crippen molar-refractivity contribution in [3.8, 4) is 11.5 Å². The summed E-state index contributed by atoms with van der Waals surface area (Å²) in [6.07, 6.45) is -1.23. The molecule has 3 N–H and O–H groups in total. The molecule has 7 heteroatoms. The number of aliphatic hydroxyl groups is 1. The first-order valence-electron chi connectivity index (χ1n) is 5.80. The van der Waals surface area contributed by atoms with Gasteiger partial charge in [0.1, 0.15) is 6.10 Å². The van der Waals surface area contributed by atoms with Crippen molar-refractivity contribution in [2.75, 3.05) is 7.11 Å². The SMILES string of the molecule is COc1cc(CN)c([N+](=O)[O-])cc1OC(C)C(C)O. The van der Waals surface area contributed by atoms with Crippen LogP contribution in [0.25, 0.3) is 0 Å². The molecule has 1 aromatic rings. The third-order valence-corrected chi connectivity index (χ3v) is 2.77. The van der Waals surface area contributed by atoms with Gasteiger partial charge in [-0.1, -0.05) is 0 Å². The van der Waals surface area contributed by atoms with Gasteiger partial charge in [0.15, 0.2) is 11.5 Å². The van der Waals surface area contributed by atoms with Crippen LogP contribution in [0.5, 0.6) is 11.5 Å². The lowest BCUT2D eigenvalue weighted by Gasteiger charge is -2.19. The van der Waals surface area contributed by atoms with Crippen LogP contribution in [0.4, 0.5) is 5.69 Å². The van der Waals surface area contributed by atoms with Crippen molar-refractivity contribution in [1.29, 1.82) is 0 Å². The van der Waals surface area contributed by atoms with Gasteiger partial charge in [-0.2, -0.15) is 0 Å². The summed E-state index contributed by atoms with van der Waals surface area (Å²) in [5, 5.41) is 20.4. The lowest BCUT2D eigenvalue weighted by Crippen LogP contribution is -2.25. The fraction of sp³-hybridized carbons (Fsp3) is 0.500. The highest BCUT2D eigenvalue weighted by atomic mass is 16.6. The van der Waals surface area contributed by atoms with Crippen molar-refractivity contribution in [1.82, 2.24) is 0 Å². The summed E-state index contributed by atoms with van der Waals surface area (Å²) >= 11 is 0. The second-order valence-electron chi connectivity index (χ2n) is 4.16. The molecule has 0 heterocycles. The topological polar surface area (TPSA) is 108 Å². The Labute approximate surface area is 111 Å². The monoisotopic (exact) mass is 270 g/mol. The van der Waals surface area contributed by atoms with E-state index in [-0.39, 0.29) is 18.0 Å². The summed E-state index contributed by atoms with van der Waals surface area (Å²) in [7, 11) is 1.43. The molecule has 0 saturated carbocycles. The Balaban J connectivity index is 3.22. The van der Waals surface area contributed by atoms with Crippen LogP contribution in [-0.4, -0.2) is 29.3 Å². The summed E-state index contributed by atoms with van der Waals surface area (Å²) in [5.41, 5.74) is 5.70. The van der Waals surface area contributed by atoms with E-state index in [0.717, 1.165) is 0 Å². The second-order valence-corrected chi connectivity index (χ2v) is 4.16. The van der Waals surface area contributed by atoms with E-state index >= 15 is 0 Å². The first-order chi connectivity index (χ1) is 8.90. The van der Waals surface area contributed by atoms with Crippen LogP contribution in [0.2, 0.25) is 0 Å². The average Bonchev–Trinajstić information content (AvgIpc) is 2.37. The van der Waals surface area contributed by atoms with Crippen molar-refractivity contribution in [3.05, 3.63) is 27.8 Å². The van der Waals surface area contributed by atoms with E-state index in [2.05, 4.69) is 0 Å². The second kappa shape index (κ2) is 6.35. The third kappa shape index (κ3) is 3.55. The largest absolute Gasteiger partial charge is 0.493 e. The number of nitro benzene ring substituents is 1. The maximum atomic E-state index is 11.0. The number of ether oxygens (including phenoxy) is 2. The van der Waals surface area contributed by atoms with Gasteiger partial charge in [-0.25, -0.2) is 0 Å². The number of rotatable bonds is 6. The van der Waals surface area contributed by atoms with Gasteiger partial charge >= 0.3 is 0 Å². The van der Waals surface area contributed by atoms with E-state index < -0.39 is 17.1 Å². The minimum absolute atomic E-state index is 0.0267. The van der Waals surface area contributed by atoms with Gasteiger partial charge in [-0.3, -0.25) is 10.1 Å². The van der Waals surface area contributed by atoms with Crippen molar-refractivity contribution in [3.63, 3.8) is 0 Å². The normalized spacial score (nSPS) is 13.7. The van der Waals surface area contributed by atoms with Crippen LogP contribution in [0.1, 0.15) is 19.4 Å². The van der Waals surface area contributed by atoms with Crippen LogP contribution >= 0.6 is 0 Å². The van der Waals surface area contributed by atoms with Gasteiger partial charge in [-0.05, 0) is 19.9 Å². The number of nitrogens with zero attached hydrogens (tertiary/aromatic N) is 1. The third-order valence-electron chi connectivity index (χ3n) is 2.77. The molecule has 0 fully saturated rings. The average molecular weight is 270 g/mol. The van der Waals surface area contributed by atoms with E-state index in [1.165, 1.54) is 19.2 Å². The fourth-order valence-electron chi connectivity index (χ4n) is 1.48. The maximum Gasteiger partial charge on any atom is 0.277 e. The predicted molar refractivity (Wildman–Crippen MR) is 69.3 cm³/mol.